The van der Waals surface area contributed by atoms with Crippen molar-refractivity contribution in [3.8, 4) is 0 Å². The second-order valence-corrected chi connectivity index (χ2v) is 10.1. The Morgan fingerprint density at radius 3 is 2.14 bits per heavy atom. The fraction of sp³-hybridized carbons (Fsp3) is 0.0667. The average Bonchev–Trinajstić information content (AvgIpc) is 3.46. The number of allylic oxidation sites excluding steroid dienone is 2. The van der Waals surface area contributed by atoms with Gasteiger partial charge in [-0.25, -0.2) is 12.2 Å². The van der Waals surface area contributed by atoms with Crippen molar-refractivity contribution in [3.63, 3.8) is 0 Å². The molecule has 35 heavy (non-hydrogen) atoms. The second kappa shape index (κ2) is 11.8. The van der Waals surface area contributed by atoms with Crippen LogP contribution in [0.15, 0.2) is 105 Å². The van der Waals surface area contributed by atoms with E-state index in [1.54, 1.807) is 0 Å². The van der Waals surface area contributed by atoms with Crippen LogP contribution >= 0.6 is 27.7 Å². The average molecular weight is 621 g/mol. The van der Waals surface area contributed by atoms with Crippen LogP contribution in [0.5, 0.6) is 0 Å². The van der Waals surface area contributed by atoms with Crippen LogP contribution in [-0.2, 0) is 26.2 Å². The molecule has 8 rings (SSSR count). The number of hydrogen-bond donors (Lipinski definition) is 0. The number of halogens is 3. The summed E-state index contributed by atoms with van der Waals surface area (Å²) in [7, 11) is 0. The molecule has 170 valence electrons. The quantitative estimate of drug-likeness (QED) is 0.295. The molecule has 0 saturated heterocycles. The van der Waals surface area contributed by atoms with Gasteiger partial charge < -0.3 is 9.41 Å². The first-order chi connectivity index (χ1) is 15.8. The Morgan fingerprint density at radius 1 is 0.629 bits per heavy atom. The second-order valence-electron chi connectivity index (χ2n) is 8.11. The summed E-state index contributed by atoms with van der Waals surface area (Å²) in [5.74, 6) is 0.606. The molecule has 2 aliphatic carbocycles. The van der Waals surface area contributed by atoms with Gasteiger partial charge in [0.1, 0.15) is 0 Å². The Morgan fingerprint density at radius 2 is 1.31 bits per heavy atom. The molecular weight excluding hydrogens is 602 g/mol. The summed E-state index contributed by atoms with van der Waals surface area (Å²) in [6, 6.07) is 32.3. The minimum Gasteiger partial charge on any atom is -1.00 e. The molecule has 0 amide bonds. The standard InChI is InChI=1S/C15H10Br.C15H9S.2FH.Zr/c16-14-8-4-7-12-9-10-13(15(12)14)11-5-2-1-3-6-11;1-2-10-8-12(3-1)16-13-5-7-15-11(9-13)4-6-14(10)15;;;/h1-9,13H;1-5,7-9,14H;2*1H;/q2*-1;;;+4/p-2. The van der Waals surface area contributed by atoms with E-state index in [4.69, 9.17) is 0 Å². The number of fused-ring (bicyclic) bond motifs is 2. The molecule has 0 aromatic heterocycles. The molecule has 6 bridgehead atoms. The first-order valence-corrected chi connectivity index (χ1v) is 12.3. The van der Waals surface area contributed by atoms with Gasteiger partial charge in [0, 0.05) is 9.37 Å². The molecule has 0 fully saturated rings. The van der Waals surface area contributed by atoms with E-state index in [0.29, 0.717) is 5.92 Å². The van der Waals surface area contributed by atoms with Crippen molar-refractivity contribution in [1.29, 1.82) is 0 Å². The molecule has 0 nitrogen and oxygen atoms in total. The maximum Gasteiger partial charge on any atom is 4.00 e. The van der Waals surface area contributed by atoms with Crippen molar-refractivity contribution >= 4 is 39.8 Å². The maximum absolute atomic E-state index is 3.62. The Hall–Kier alpha value is -2.07. The van der Waals surface area contributed by atoms with Crippen LogP contribution in [0.25, 0.3) is 12.2 Å². The van der Waals surface area contributed by atoms with Gasteiger partial charge in [0.25, 0.3) is 0 Å². The third-order valence-electron chi connectivity index (χ3n) is 6.12. The maximum atomic E-state index is 3.62. The fourth-order valence-corrected chi connectivity index (χ4v) is 6.13. The zero-order chi connectivity index (χ0) is 21.5. The minimum absolute atomic E-state index is 0. The van der Waals surface area contributed by atoms with Crippen molar-refractivity contribution in [2.75, 3.05) is 0 Å². The van der Waals surface area contributed by atoms with Gasteiger partial charge in [-0.2, -0.15) is 11.1 Å². The van der Waals surface area contributed by atoms with Crippen LogP contribution in [0, 0.1) is 12.2 Å². The summed E-state index contributed by atoms with van der Waals surface area (Å²) in [6.07, 6.45) is 11.1. The number of benzene rings is 4. The Balaban J connectivity index is 0.000000180. The molecule has 0 saturated carbocycles. The van der Waals surface area contributed by atoms with Gasteiger partial charge in [0.2, 0.25) is 0 Å². The summed E-state index contributed by atoms with van der Waals surface area (Å²) in [5, 5.41) is 0. The van der Waals surface area contributed by atoms with Crippen molar-refractivity contribution in [2.45, 2.75) is 21.6 Å². The van der Waals surface area contributed by atoms with Gasteiger partial charge in [0.15, 0.2) is 0 Å². The predicted octanol–water partition coefficient (Wildman–Crippen LogP) is 2.53. The molecular formula is C30H19BrF2SZr. The van der Waals surface area contributed by atoms with E-state index in [1.807, 2.05) is 17.8 Å². The zero-order valence-electron chi connectivity index (χ0n) is 18.5. The molecule has 2 unspecified atom stereocenters. The predicted molar refractivity (Wildman–Crippen MR) is 137 cm³/mol. The molecule has 4 aromatic carbocycles. The van der Waals surface area contributed by atoms with E-state index in [2.05, 4.69) is 125 Å². The summed E-state index contributed by atoms with van der Waals surface area (Å²) in [6.45, 7) is 0. The first kappa shape index (κ1) is 27.5. The van der Waals surface area contributed by atoms with Crippen molar-refractivity contribution in [3.05, 3.63) is 141 Å². The molecule has 2 atom stereocenters. The third kappa shape index (κ3) is 5.38. The van der Waals surface area contributed by atoms with Gasteiger partial charge >= 0.3 is 26.2 Å². The fourth-order valence-electron chi connectivity index (χ4n) is 4.59. The Labute approximate surface area is 236 Å². The van der Waals surface area contributed by atoms with Crippen molar-refractivity contribution < 1.29 is 35.6 Å². The molecule has 0 N–H and O–H groups in total. The van der Waals surface area contributed by atoms with E-state index in [0.717, 1.165) is 0 Å². The number of hydrogen-bond acceptors (Lipinski definition) is 1. The molecule has 2 aliphatic heterocycles. The summed E-state index contributed by atoms with van der Waals surface area (Å²) < 4.78 is 1.17. The third-order valence-corrected chi connectivity index (χ3v) is 7.79. The summed E-state index contributed by atoms with van der Waals surface area (Å²) in [4.78, 5) is 2.64. The van der Waals surface area contributed by atoms with Crippen molar-refractivity contribution in [1.82, 2.24) is 0 Å². The molecule has 5 heteroatoms. The summed E-state index contributed by atoms with van der Waals surface area (Å²) in [5.41, 5.74) is 7.97. The zero-order valence-corrected chi connectivity index (χ0v) is 23.4. The molecule has 0 spiro atoms. The van der Waals surface area contributed by atoms with Gasteiger partial charge in [-0.1, -0.05) is 117 Å². The smallest absolute Gasteiger partial charge is 1.00 e. The van der Waals surface area contributed by atoms with E-state index < -0.39 is 0 Å². The van der Waals surface area contributed by atoms with Crippen molar-refractivity contribution in [2.24, 2.45) is 0 Å². The Kier molecular flexibility index (Phi) is 9.26. The molecule has 4 aromatic rings. The van der Waals surface area contributed by atoms with Gasteiger partial charge in [-0.05, 0) is 17.0 Å². The summed E-state index contributed by atoms with van der Waals surface area (Å²) >= 11 is 5.46. The van der Waals surface area contributed by atoms with Crippen LogP contribution in [0.4, 0.5) is 0 Å². The van der Waals surface area contributed by atoms with Gasteiger partial charge in [-0.15, -0.1) is 23.3 Å². The van der Waals surface area contributed by atoms with Crippen LogP contribution in [0.3, 0.4) is 0 Å². The molecule has 2 heterocycles. The van der Waals surface area contributed by atoms with Crippen LogP contribution in [-0.4, -0.2) is 0 Å². The van der Waals surface area contributed by atoms with E-state index >= 15 is 0 Å². The molecule has 0 radical (unpaired) electrons. The van der Waals surface area contributed by atoms with E-state index in [-0.39, 0.29) is 41.5 Å². The normalized spacial score (nSPS) is 16.8. The van der Waals surface area contributed by atoms with Gasteiger partial charge in [-0.3, -0.25) is 12.2 Å². The minimum atomic E-state index is 0. The first-order valence-electron chi connectivity index (χ1n) is 10.7. The topological polar surface area (TPSA) is 0 Å². The molecule has 4 aliphatic rings. The van der Waals surface area contributed by atoms with Crippen LogP contribution < -0.4 is 9.41 Å². The largest absolute Gasteiger partial charge is 4.00 e. The van der Waals surface area contributed by atoms with Crippen LogP contribution in [0.1, 0.15) is 45.2 Å². The number of rotatable bonds is 1. The van der Waals surface area contributed by atoms with Gasteiger partial charge in [0.05, 0.1) is 0 Å². The van der Waals surface area contributed by atoms with E-state index in [1.165, 1.54) is 47.6 Å². The monoisotopic (exact) mass is 618 g/mol. The van der Waals surface area contributed by atoms with Crippen LogP contribution in [0.2, 0.25) is 0 Å². The SMILES string of the molecule is Brc1cccc2c1C(c1ccccc1)[C-]=C2.[C-]1=Cc2cc3ccc2C1c1cccc(c1)S3.[F-].[F-].[Zr+4]. The Bertz CT molecular complexity index is 1380. The van der Waals surface area contributed by atoms with E-state index in [9.17, 15) is 0 Å².